The number of nitrogens with zero attached hydrogens (tertiary/aromatic N) is 3. The third-order valence-electron chi connectivity index (χ3n) is 3.21. The molecular weight excluding hydrogens is 248 g/mol. The van der Waals surface area contributed by atoms with E-state index in [0.717, 1.165) is 0 Å². The standard InChI is InChI=1S/C11H18N6O2/c1-2-13-9(18)7-3-5-17(6-4-7)10(19)8-14-11(12)16-15-8/h7H,2-6H2,1H3,(H,13,18)(H3,12,14,15,16). The quantitative estimate of drug-likeness (QED) is 0.673. The van der Waals surface area contributed by atoms with Gasteiger partial charge in [0, 0.05) is 25.6 Å². The summed E-state index contributed by atoms with van der Waals surface area (Å²) in [6.45, 7) is 3.61. The summed E-state index contributed by atoms with van der Waals surface area (Å²) in [6, 6.07) is 0. The molecule has 4 N–H and O–H groups in total. The number of hydrogen-bond acceptors (Lipinski definition) is 5. The molecule has 0 radical (unpaired) electrons. The number of likely N-dealkylation sites (tertiary alicyclic amines) is 1. The van der Waals surface area contributed by atoms with Gasteiger partial charge >= 0.3 is 0 Å². The number of nitrogens with one attached hydrogen (secondary N) is 2. The van der Waals surface area contributed by atoms with E-state index in [1.165, 1.54) is 0 Å². The van der Waals surface area contributed by atoms with Gasteiger partial charge in [-0.3, -0.25) is 14.7 Å². The Morgan fingerprint density at radius 3 is 2.68 bits per heavy atom. The summed E-state index contributed by atoms with van der Waals surface area (Å²) in [5.41, 5.74) is 5.36. The van der Waals surface area contributed by atoms with E-state index in [1.54, 1.807) is 4.90 Å². The second kappa shape index (κ2) is 5.68. The number of hydrogen-bond donors (Lipinski definition) is 3. The monoisotopic (exact) mass is 266 g/mol. The predicted molar refractivity (Wildman–Crippen MR) is 68.1 cm³/mol. The van der Waals surface area contributed by atoms with E-state index in [2.05, 4.69) is 20.5 Å². The fourth-order valence-corrected chi connectivity index (χ4v) is 2.18. The Morgan fingerprint density at radius 2 is 2.16 bits per heavy atom. The molecule has 0 aliphatic carbocycles. The lowest BCUT2D eigenvalue weighted by molar-refractivity contribution is -0.126. The van der Waals surface area contributed by atoms with Crippen molar-refractivity contribution in [2.75, 3.05) is 25.4 Å². The third kappa shape index (κ3) is 3.01. The van der Waals surface area contributed by atoms with Gasteiger partial charge in [0.15, 0.2) is 0 Å². The molecule has 1 aliphatic heterocycles. The molecule has 8 nitrogen and oxygen atoms in total. The van der Waals surface area contributed by atoms with Crippen LogP contribution in [0.4, 0.5) is 5.95 Å². The molecule has 1 aliphatic rings. The Hall–Kier alpha value is -2.12. The number of amides is 2. The smallest absolute Gasteiger partial charge is 0.291 e. The van der Waals surface area contributed by atoms with Crippen molar-refractivity contribution in [1.29, 1.82) is 0 Å². The van der Waals surface area contributed by atoms with Crippen molar-refractivity contribution in [3.63, 3.8) is 0 Å². The Balaban J connectivity index is 1.89. The lowest BCUT2D eigenvalue weighted by Crippen LogP contribution is -2.43. The molecule has 1 aromatic rings. The van der Waals surface area contributed by atoms with Crippen LogP contribution in [0.5, 0.6) is 0 Å². The van der Waals surface area contributed by atoms with E-state index in [4.69, 9.17) is 5.73 Å². The molecule has 19 heavy (non-hydrogen) atoms. The van der Waals surface area contributed by atoms with Gasteiger partial charge in [-0.1, -0.05) is 0 Å². The van der Waals surface area contributed by atoms with Crippen molar-refractivity contribution in [2.24, 2.45) is 5.92 Å². The lowest BCUT2D eigenvalue weighted by atomic mass is 9.96. The zero-order chi connectivity index (χ0) is 13.8. The number of nitrogens with two attached hydrogens (primary N) is 1. The van der Waals surface area contributed by atoms with E-state index in [-0.39, 0.29) is 29.5 Å². The van der Waals surface area contributed by atoms with Gasteiger partial charge in [0.1, 0.15) is 0 Å². The molecule has 0 saturated carbocycles. The highest BCUT2D eigenvalue weighted by molar-refractivity contribution is 5.91. The fourth-order valence-electron chi connectivity index (χ4n) is 2.18. The number of anilines is 1. The molecule has 2 amide bonds. The number of H-pyrrole nitrogens is 1. The summed E-state index contributed by atoms with van der Waals surface area (Å²) in [4.78, 5) is 29.2. The van der Waals surface area contributed by atoms with Crippen LogP contribution < -0.4 is 11.1 Å². The van der Waals surface area contributed by atoms with Gasteiger partial charge in [-0.15, -0.1) is 5.10 Å². The zero-order valence-corrected chi connectivity index (χ0v) is 10.8. The summed E-state index contributed by atoms with van der Waals surface area (Å²) in [6.07, 6.45) is 1.34. The van der Waals surface area contributed by atoms with Crippen LogP contribution in [0, 0.1) is 5.92 Å². The average Bonchev–Trinajstić information content (AvgIpc) is 2.85. The van der Waals surface area contributed by atoms with Crippen LogP contribution in [0.15, 0.2) is 0 Å². The summed E-state index contributed by atoms with van der Waals surface area (Å²) < 4.78 is 0. The molecule has 2 heterocycles. The molecule has 8 heteroatoms. The minimum absolute atomic E-state index is 0.0104. The highest BCUT2D eigenvalue weighted by atomic mass is 16.2. The van der Waals surface area contributed by atoms with Crippen LogP contribution >= 0.6 is 0 Å². The number of aromatic amines is 1. The van der Waals surface area contributed by atoms with E-state index >= 15 is 0 Å². The first kappa shape index (κ1) is 13.3. The molecule has 0 aromatic carbocycles. The molecule has 1 saturated heterocycles. The summed E-state index contributed by atoms with van der Waals surface area (Å²) in [7, 11) is 0. The van der Waals surface area contributed by atoms with Crippen LogP contribution in [-0.4, -0.2) is 51.5 Å². The maximum atomic E-state index is 12.1. The Morgan fingerprint density at radius 1 is 1.47 bits per heavy atom. The minimum Gasteiger partial charge on any atom is -0.366 e. The Kier molecular flexibility index (Phi) is 3.98. The van der Waals surface area contributed by atoms with E-state index < -0.39 is 0 Å². The minimum atomic E-state index is -0.224. The van der Waals surface area contributed by atoms with E-state index in [9.17, 15) is 9.59 Å². The molecule has 0 unspecified atom stereocenters. The average molecular weight is 266 g/mol. The van der Waals surface area contributed by atoms with Crippen molar-refractivity contribution in [3.05, 3.63) is 5.82 Å². The summed E-state index contributed by atoms with van der Waals surface area (Å²) in [5, 5.41) is 8.94. The van der Waals surface area contributed by atoms with E-state index in [1.807, 2.05) is 6.92 Å². The van der Waals surface area contributed by atoms with Gasteiger partial charge in [-0.25, -0.2) is 0 Å². The fraction of sp³-hybridized carbons (Fsp3) is 0.636. The van der Waals surface area contributed by atoms with Gasteiger partial charge in [-0.2, -0.15) is 4.98 Å². The van der Waals surface area contributed by atoms with Gasteiger partial charge in [0.2, 0.25) is 17.7 Å². The van der Waals surface area contributed by atoms with Crippen LogP contribution in [-0.2, 0) is 4.79 Å². The normalized spacial score (nSPS) is 16.4. The third-order valence-corrected chi connectivity index (χ3v) is 3.21. The molecule has 1 fully saturated rings. The lowest BCUT2D eigenvalue weighted by Gasteiger charge is -2.30. The topological polar surface area (TPSA) is 117 Å². The maximum Gasteiger partial charge on any atom is 0.291 e. The molecule has 1 aromatic heterocycles. The number of carbonyl (C=O) groups excluding carboxylic acids is 2. The first-order valence-corrected chi connectivity index (χ1v) is 6.36. The largest absolute Gasteiger partial charge is 0.366 e. The van der Waals surface area contributed by atoms with Crippen molar-refractivity contribution in [3.8, 4) is 0 Å². The van der Waals surface area contributed by atoms with Gasteiger partial charge in [0.05, 0.1) is 0 Å². The number of aromatic nitrogens is 3. The first-order valence-electron chi connectivity index (χ1n) is 6.36. The van der Waals surface area contributed by atoms with Gasteiger partial charge in [0.25, 0.3) is 5.91 Å². The second-order valence-electron chi connectivity index (χ2n) is 4.50. The number of carbonyl (C=O) groups is 2. The van der Waals surface area contributed by atoms with Gasteiger partial charge in [-0.05, 0) is 19.8 Å². The molecule has 0 bridgehead atoms. The zero-order valence-electron chi connectivity index (χ0n) is 10.8. The molecule has 2 rings (SSSR count). The van der Waals surface area contributed by atoms with Crippen molar-refractivity contribution in [2.45, 2.75) is 19.8 Å². The first-order chi connectivity index (χ1) is 9.11. The predicted octanol–water partition coefficient (Wildman–Crippen LogP) is -0.625. The van der Waals surface area contributed by atoms with Crippen LogP contribution in [0.3, 0.4) is 0 Å². The summed E-state index contributed by atoms with van der Waals surface area (Å²) >= 11 is 0. The molecule has 104 valence electrons. The van der Waals surface area contributed by atoms with Crippen LogP contribution in [0.25, 0.3) is 0 Å². The number of nitrogen functional groups attached to an aromatic ring is 1. The molecule has 0 spiro atoms. The van der Waals surface area contributed by atoms with Crippen molar-refractivity contribution in [1.82, 2.24) is 25.4 Å². The molecule has 0 atom stereocenters. The Labute approximate surface area is 110 Å². The van der Waals surface area contributed by atoms with Crippen LogP contribution in [0.1, 0.15) is 30.4 Å². The highest BCUT2D eigenvalue weighted by Gasteiger charge is 2.28. The van der Waals surface area contributed by atoms with Crippen LogP contribution in [0.2, 0.25) is 0 Å². The summed E-state index contributed by atoms with van der Waals surface area (Å²) in [5.74, 6) is 0.0374. The van der Waals surface area contributed by atoms with Gasteiger partial charge < -0.3 is 16.0 Å². The highest BCUT2D eigenvalue weighted by Crippen LogP contribution is 2.18. The van der Waals surface area contributed by atoms with E-state index in [0.29, 0.717) is 32.5 Å². The number of piperidine rings is 1. The van der Waals surface area contributed by atoms with Crippen molar-refractivity contribution >= 4 is 17.8 Å². The van der Waals surface area contributed by atoms with Crippen molar-refractivity contribution < 1.29 is 9.59 Å². The SMILES string of the molecule is CCNC(=O)C1CCN(C(=O)c2nc(N)n[nH]2)CC1. The number of rotatable bonds is 3. The Bertz CT molecular complexity index is 464. The maximum absolute atomic E-state index is 12.1. The molecular formula is C11H18N6O2. The second-order valence-corrected chi connectivity index (χ2v) is 4.50.